The van der Waals surface area contributed by atoms with Crippen LogP contribution in [0.5, 0.6) is 0 Å². The number of carbonyl (C=O) groups is 2. The molecule has 0 aromatic heterocycles. The van der Waals surface area contributed by atoms with Gasteiger partial charge in [0.1, 0.15) is 6.04 Å². The minimum absolute atomic E-state index is 0.0480. The maximum absolute atomic E-state index is 12.3. The van der Waals surface area contributed by atoms with Gasteiger partial charge in [0.2, 0.25) is 15.9 Å². The fourth-order valence-corrected chi connectivity index (χ4v) is 3.49. The number of nitrogens with one attached hydrogen (secondary N) is 2. The molecule has 2 rings (SSSR count). The molecule has 0 saturated carbocycles. The fourth-order valence-electron chi connectivity index (χ4n) is 2.30. The summed E-state index contributed by atoms with van der Waals surface area (Å²) in [4.78, 5) is 22.5. The zero-order valence-corrected chi connectivity index (χ0v) is 15.5. The molecule has 2 N–H and O–H groups in total. The maximum Gasteiger partial charge on any atom is 0.323 e. The van der Waals surface area contributed by atoms with Crippen LogP contribution in [0.1, 0.15) is 13.8 Å². The highest BCUT2D eigenvalue weighted by Crippen LogP contribution is 2.23. The molecule has 26 heavy (non-hydrogen) atoms. The number of benzene rings is 2. The molecular formula is C18H20N2O5S. The molecule has 1 atom stereocenters. The highest BCUT2D eigenvalue weighted by atomic mass is 32.2. The number of hydrogen-bond donors (Lipinski definition) is 2. The van der Waals surface area contributed by atoms with Crippen molar-refractivity contribution in [2.75, 3.05) is 12.4 Å². The lowest BCUT2D eigenvalue weighted by Gasteiger charge is -2.12. The molecule has 0 heterocycles. The molecule has 0 spiro atoms. The molecule has 0 bridgehead atoms. The van der Waals surface area contributed by atoms with Gasteiger partial charge in [-0.2, -0.15) is 4.72 Å². The van der Waals surface area contributed by atoms with Crippen molar-refractivity contribution in [3.8, 4) is 11.1 Å². The zero-order valence-electron chi connectivity index (χ0n) is 14.6. The first-order chi connectivity index (χ1) is 12.2. The van der Waals surface area contributed by atoms with Crippen LogP contribution in [0.2, 0.25) is 0 Å². The van der Waals surface area contributed by atoms with E-state index in [4.69, 9.17) is 0 Å². The Balaban J connectivity index is 2.17. The van der Waals surface area contributed by atoms with Crippen LogP contribution in [0.4, 0.5) is 5.69 Å². The number of amides is 1. The van der Waals surface area contributed by atoms with Crippen molar-refractivity contribution < 1.29 is 22.7 Å². The van der Waals surface area contributed by atoms with Crippen molar-refractivity contribution in [1.29, 1.82) is 0 Å². The largest absolute Gasteiger partial charge is 0.468 e. The Labute approximate surface area is 152 Å². The molecular weight excluding hydrogens is 356 g/mol. The Kier molecular flexibility index (Phi) is 6.12. The molecule has 1 amide bonds. The van der Waals surface area contributed by atoms with E-state index in [1.54, 1.807) is 24.3 Å². The zero-order chi connectivity index (χ0) is 19.3. The van der Waals surface area contributed by atoms with E-state index >= 15 is 0 Å². The summed E-state index contributed by atoms with van der Waals surface area (Å²) in [5.41, 5.74) is 2.37. The van der Waals surface area contributed by atoms with E-state index in [1.165, 1.54) is 33.1 Å². The smallest absolute Gasteiger partial charge is 0.323 e. The molecule has 2 aromatic carbocycles. The predicted octanol–water partition coefficient (Wildman–Crippen LogP) is 2.15. The van der Waals surface area contributed by atoms with Gasteiger partial charge in [0.05, 0.1) is 12.0 Å². The molecule has 7 nitrogen and oxygen atoms in total. The lowest BCUT2D eigenvalue weighted by Crippen LogP contribution is -2.39. The molecule has 1 unspecified atom stereocenters. The Bertz CT molecular complexity index is 890. The van der Waals surface area contributed by atoms with Gasteiger partial charge in [-0.1, -0.05) is 24.3 Å². The Morgan fingerprint density at radius 3 is 1.92 bits per heavy atom. The van der Waals surface area contributed by atoms with E-state index < -0.39 is 22.0 Å². The van der Waals surface area contributed by atoms with Crippen LogP contribution in [0, 0.1) is 0 Å². The molecule has 0 aliphatic heterocycles. The standard InChI is InChI=1S/C18H20N2O5S/c1-12(18(22)25-3)20-26(23,24)17-10-6-15(7-11-17)14-4-8-16(9-5-14)19-13(2)21/h4-12,20H,1-3H3,(H,19,21). The van der Waals surface area contributed by atoms with Crippen molar-refractivity contribution in [2.45, 2.75) is 24.8 Å². The van der Waals surface area contributed by atoms with Gasteiger partial charge in [-0.25, -0.2) is 8.42 Å². The number of hydrogen-bond acceptors (Lipinski definition) is 5. The topological polar surface area (TPSA) is 102 Å². The van der Waals surface area contributed by atoms with Gasteiger partial charge in [-0.15, -0.1) is 0 Å². The summed E-state index contributed by atoms with van der Waals surface area (Å²) in [7, 11) is -2.64. The maximum atomic E-state index is 12.3. The molecule has 138 valence electrons. The normalized spacial score (nSPS) is 12.3. The molecule has 2 aromatic rings. The summed E-state index contributed by atoms with van der Waals surface area (Å²) in [6.07, 6.45) is 0. The van der Waals surface area contributed by atoms with Crippen LogP contribution in [0.15, 0.2) is 53.4 Å². The monoisotopic (exact) mass is 376 g/mol. The molecule has 8 heteroatoms. The number of carbonyl (C=O) groups excluding carboxylic acids is 2. The Hall–Kier alpha value is -2.71. The summed E-state index contributed by atoms with van der Waals surface area (Å²) >= 11 is 0. The molecule has 0 fully saturated rings. The van der Waals surface area contributed by atoms with Crippen molar-refractivity contribution in [1.82, 2.24) is 4.72 Å². The van der Waals surface area contributed by atoms with Crippen LogP contribution >= 0.6 is 0 Å². The third-order valence-corrected chi connectivity index (χ3v) is 5.15. The molecule has 0 aliphatic rings. The summed E-state index contributed by atoms with van der Waals surface area (Å²) < 4.78 is 31.4. The minimum Gasteiger partial charge on any atom is -0.468 e. The number of sulfonamides is 1. The van der Waals surface area contributed by atoms with E-state index in [1.807, 2.05) is 12.1 Å². The molecule has 0 saturated heterocycles. The first-order valence-corrected chi connectivity index (χ1v) is 9.29. The van der Waals surface area contributed by atoms with E-state index in [9.17, 15) is 18.0 Å². The highest BCUT2D eigenvalue weighted by Gasteiger charge is 2.22. The minimum atomic E-state index is -3.83. The first-order valence-electron chi connectivity index (χ1n) is 7.81. The van der Waals surface area contributed by atoms with Crippen molar-refractivity contribution >= 4 is 27.6 Å². The average Bonchev–Trinajstić information content (AvgIpc) is 2.61. The number of methoxy groups -OCH3 is 1. The first kappa shape index (κ1) is 19.6. The van der Waals surface area contributed by atoms with Crippen LogP contribution < -0.4 is 10.0 Å². The number of esters is 1. The van der Waals surface area contributed by atoms with Crippen LogP contribution in [-0.2, 0) is 24.3 Å². The predicted molar refractivity (Wildman–Crippen MR) is 98.0 cm³/mol. The summed E-state index contributed by atoms with van der Waals surface area (Å²) in [5, 5.41) is 2.68. The van der Waals surface area contributed by atoms with Crippen molar-refractivity contribution in [3.05, 3.63) is 48.5 Å². The second-order valence-corrected chi connectivity index (χ2v) is 7.36. The van der Waals surface area contributed by atoms with Gasteiger partial charge in [-0.05, 0) is 42.3 Å². The van der Waals surface area contributed by atoms with Crippen LogP contribution in [0.25, 0.3) is 11.1 Å². The van der Waals surface area contributed by atoms with Gasteiger partial charge in [0.15, 0.2) is 0 Å². The van der Waals surface area contributed by atoms with E-state index in [0.29, 0.717) is 5.69 Å². The van der Waals surface area contributed by atoms with Crippen LogP contribution in [0.3, 0.4) is 0 Å². The second kappa shape index (κ2) is 8.11. The van der Waals surface area contributed by atoms with Gasteiger partial charge >= 0.3 is 5.97 Å². The Morgan fingerprint density at radius 2 is 1.46 bits per heavy atom. The van der Waals surface area contributed by atoms with Gasteiger partial charge in [0.25, 0.3) is 0 Å². The third kappa shape index (κ3) is 4.90. The van der Waals surface area contributed by atoms with E-state index in [-0.39, 0.29) is 10.8 Å². The summed E-state index contributed by atoms with van der Waals surface area (Å²) in [5.74, 6) is -0.814. The van der Waals surface area contributed by atoms with Crippen molar-refractivity contribution in [3.63, 3.8) is 0 Å². The SMILES string of the molecule is COC(=O)C(C)NS(=O)(=O)c1ccc(-c2ccc(NC(C)=O)cc2)cc1. The fraction of sp³-hybridized carbons (Fsp3) is 0.222. The lowest BCUT2D eigenvalue weighted by atomic mass is 10.1. The molecule has 0 aliphatic carbocycles. The van der Waals surface area contributed by atoms with Gasteiger partial charge in [-0.3, -0.25) is 9.59 Å². The van der Waals surface area contributed by atoms with E-state index in [0.717, 1.165) is 11.1 Å². The average molecular weight is 376 g/mol. The lowest BCUT2D eigenvalue weighted by molar-refractivity contribution is -0.142. The second-order valence-electron chi connectivity index (χ2n) is 5.65. The quantitative estimate of drug-likeness (QED) is 0.752. The highest BCUT2D eigenvalue weighted by molar-refractivity contribution is 7.89. The van der Waals surface area contributed by atoms with Crippen molar-refractivity contribution in [2.24, 2.45) is 0 Å². The number of ether oxygens (including phenoxy) is 1. The molecule has 0 radical (unpaired) electrons. The third-order valence-electron chi connectivity index (χ3n) is 3.59. The number of rotatable bonds is 6. The summed E-state index contributed by atoms with van der Waals surface area (Å²) in [6, 6.07) is 12.5. The van der Waals surface area contributed by atoms with E-state index in [2.05, 4.69) is 14.8 Å². The van der Waals surface area contributed by atoms with Crippen LogP contribution in [-0.4, -0.2) is 33.4 Å². The van der Waals surface area contributed by atoms with Gasteiger partial charge < -0.3 is 10.1 Å². The van der Waals surface area contributed by atoms with Gasteiger partial charge in [0, 0.05) is 12.6 Å². The summed E-state index contributed by atoms with van der Waals surface area (Å²) in [6.45, 7) is 2.84. The Morgan fingerprint density at radius 1 is 0.962 bits per heavy atom. The number of anilines is 1.